The van der Waals surface area contributed by atoms with Gasteiger partial charge in [0.2, 0.25) is 11.8 Å². The van der Waals surface area contributed by atoms with Gasteiger partial charge in [-0.3, -0.25) is 34.5 Å². The van der Waals surface area contributed by atoms with Crippen molar-refractivity contribution in [3.05, 3.63) is 51.9 Å². The molecule has 3 N–H and O–H groups in total. The minimum absolute atomic E-state index is 0.296. The van der Waals surface area contributed by atoms with Crippen LogP contribution in [0.4, 0.5) is 0 Å². The SMILES string of the molecule is Cc1c(C2NC(C(=O)O)(C(C)C)C3C(=O)NC(=O)C23)c(=O)n(-c2ccccc2)n1C. The van der Waals surface area contributed by atoms with Crippen LogP contribution in [0.5, 0.6) is 0 Å². The highest BCUT2D eigenvalue weighted by Gasteiger charge is 2.68. The Morgan fingerprint density at radius 1 is 1.13 bits per heavy atom. The minimum Gasteiger partial charge on any atom is -0.480 e. The van der Waals surface area contributed by atoms with E-state index in [-0.39, 0.29) is 5.56 Å². The molecule has 1 aromatic carbocycles. The van der Waals surface area contributed by atoms with Gasteiger partial charge in [-0.1, -0.05) is 32.0 Å². The van der Waals surface area contributed by atoms with Crippen molar-refractivity contribution < 1.29 is 19.5 Å². The molecule has 4 atom stereocenters. The number of para-hydroxylation sites is 1. The Balaban J connectivity index is 1.94. The van der Waals surface area contributed by atoms with Crippen molar-refractivity contribution in [3.8, 4) is 5.69 Å². The molecule has 1 aromatic heterocycles. The van der Waals surface area contributed by atoms with Gasteiger partial charge in [0.25, 0.3) is 5.56 Å². The molecule has 2 aliphatic heterocycles. The smallest absolute Gasteiger partial charge is 0.325 e. The van der Waals surface area contributed by atoms with Crippen molar-refractivity contribution in [3.63, 3.8) is 0 Å². The molecule has 0 spiro atoms. The van der Waals surface area contributed by atoms with E-state index in [9.17, 15) is 24.3 Å². The highest BCUT2D eigenvalue weighted by atomic mass is 16.4. The molecule has 2 aromatic rings. The quantitative estimate of drug-likeness (QED) is 0.629. The second-order valence-electron chi connectivity index (χ2n) is 8.28. The number of benzene rings is 1. The summed E-state index contributed by atoms with van der Waals surface area (Å²) in [7, 11) is 1.73. The number of carbonyl (C=O) groups excluding carboxylic acids is 2. The Morgan fingerprint density at radius 2 is 1.77 bits per heavy atom. The molecule has 2 amide bonds. The van der Waals surface area contributed by atoms with Gasteiger partial charge in [0.05, 0.1) is 29.1 Å². The van der Waals surface area contributed by atoms with Crippen LogP contribution < -0.4 is 16.2 Å². The van der Waals surface area contributed by atoms with Gasteiger partial charge in [0.1, 0.15) is 5.54 Å². The van der Waals surface area contributed by atoms with Crippen LogP contribution in [0, 0.1) is 24.7 Å². The summed E-state index contributed by atoms with van der Waals surface area (Å²) < 4.78 is 3.15. The van der Waals surface area contributed by atoms with E-state index < -0.39 is 47.1 Å². The predicted octanol–water partition coefficient (Wildman–Crippen LogP) is 0.497. The van der Waals surface area contributed by atoms with Gasteiger partial charge in [-0.2, -0.15) is 0 Å². The van der Waals surface area contributed by atoms with Gasteiger partial charge >= 0.3 is 5.97 Å². The second kappa shape index (κ2) is 6.66. The number of carboxylic acids is 1. The number of imide groups is 1. The van der Waals surface area contributed by atoms with E-state index in [4.69, 9.17) is 0 Å². The van der Waals surface area contributed by atoms with Crippen molar-refractivity contribution in [2.45, 2.75) is 32.4 Å². The zero-order valence-corrected chi connectivity index (χ0v) is 17.2. The molecule has 3 heterocycles. The first-order valence-electron chi connectivity index (χ1n) is 9.82. The first kappa shape index (κ1) is 20.1. The Labute approximate surface area is 172 Å². The summed E-state index contributed by atoms with van der Waals surface area (Å²) in [5, 5.41) is 15.4. The molecule has 2 fully saturated rings. The van der Waals surface area contributed by atoms with Gasteiger partial charge in [0, 0.05) is 12.7 Å². The molecular formula is C21H24N4O5. The first-order chi connectivity index (χ1) is 14.1. The Bertz CT molecular complexity index is 1120. The number of rotatable bonds is 4. The lowest BCUT2D eigenvalue weighted by Crippen LogP contribution is -2.59. The van der Waals surface area contributed by atoms with E-state index in [1.54, 1.807) is 44.6 Å². The molecule has 0 saturated carbocycles. The fraction of sp³-hybridized carbons (Fsp3) is 0.429. The van der Waals surface area contributed by atoms with E-state index in [1.807, 2.05) is 18.2 Å². The topological polar surface area (TPSA) is 122 Å². The van der Waals surface area contributed by atoms with Gasteiger partial charge < -0.3 is 5.11 Å². The number of carboxylic acid groups (broad SMARTS) is 1. The normalized spacial score (nSPS) is 28.1. The Kier molecular flexibility index (Phi) is 4.46. The van der Waals surface area contributed by atoms with Crippen molar-refractivity contribution >= 4 is 17.8 Å². The van der Waals surface area contributed by atoms with Gasteiger partial charge in [0.15, 0.2) is 0 Å². The fourth-order valence-corrected chi connectivity index (χ4v) is 5.03. The van der Waals surface area contributed by atoms with Gasteiger partial charge in [-0.05, 0) is 25.0 Å². The van der Waals surface area contributed by atoms with E-state index in [0.717, 1.165) is 0 Å². The molecule has 0 bridgehead atoms. The maximum atomic E-state index is 13.5. The summed E-state index contributed by atoms with van der Waals surface area (Å²) in [4.78, 5) is 51.1. The predicted molar refractivity (Wildman–Crippen MR) is 107 cm³/mol. The van der Waals surface area contributed by atoms with Crippen molar-refractivity contribution in [1.82, 2.24) is 20.0 Å². The molecule has 9 heteroatoms. The summed E-state index contributed by atoms with van der Waals surface area (Å²) in [5.41, 5.74) is -0.469. The van der Waals surface area contributed by atoms with Gasteiger partial charge in [-0.25, -0.2) is 4.68 Å². The van der Waals surface area contributed by atoms with Crippen LogP contribution in [-0.2, 0) is 21.4 Å². The van der Waals surface area contributed by atoms with Crippen LogP contribution in [0.15, 0.2) is 35.1 Å². The first-order valence-corrected chi connectivity index (χ1v) is 9.82. The van der Waals surface area contributed by atoms with Gasteiger partial charge in [-0.15, -0.1) is 0 Å². The maximum absolute atomic E-state index is 13.5. The highest BCUT2D eigenvalue weighted by molar-refractivity contribution is 6.09. The molecule has 30 heavy (non-hydrogen) atoms. The maximum Gasteiger partial charge on any atom is 0.325 e. The lowest BCUT2D eigenvalue weighted by Gasteiger charge is -2.33. The molecule has 0 aliphatic carbocycles. The van der Waals surface area contributed by atoms with Crippen molar-refractivity contribution in [1.29, 1.82) is 0 Å². The molecule has 2 saturated heterocycles. The number of hydrogen-bond acceptors (Lipinski definition) is 5. The average Bonchev–Trinajstić information content (AvgIpc) is 3.27. The van der Waals surface area contributed by atoms with Crippen molar-refractivity contribution in [2.24, 2.45) is 24.8 Å². The number of aromatic nitrogens is 2. The number of carbonyl (C=O) groups is 3. The number of amides is 2. The third-order valence-corrected chi connectivity index (χ3v) is 6.61. The molecule has 158 valence electrons. The highest BCUT2D eigenvalue weighted by Crippen LogP contribution is 2.49. The number of nitrogens with one attached hydrogen (secondary N) is 2. The number of aliphatic carboxylic acids is 1. The summed E-state index contributed by atoms with van der Waals surface area (Å²) >= 11 is 0. The lowest BCUT2D eigenvalue weighted by atomic mass is 9.73. The molecule has 2 aliphatic rings. The van der Waals surface area contributed by atoms with E-state index in [1.165, 1.54) is 4.68 Å². The van der Waals surface area contributed by atoms with E-state index in [2.05, 4.69) is 10.6 Å². The Hall–Kier alpha value is -3.20. The third kappa shape index (κ3) is 2.44. The summed E-state index contributed by atoms with van der Waals surface area (Å²) in [6.07, 6.45) is 0. The zero-order valence-electron chi connectivity index (χ0n) is 17.2. The van der Waals surface area contributed by atoms with E-state index >= 15 is 0 Å². The molecule has 9 nitrogen and oxygen atoms in total. The minimum atomic E-state index is -1.65. The standard InChI is InChI=1S/C21H24N4O5/c1-10(2)21(20(29)30)15-14(17(26)22-18(15)27)16(23-21)13-11(3)24(4)25(19(13)28)12-8-6-5-7-9-12/h5-10,14-16,23H,1-4H3,(H,29,30)(H,22,26,27). The summed E-state index contributed by atoms with van der Waals surface area (Å²) in [6, 6.07) is 8.14. The van der Waals surface area contributed by atoms with Crippen LogP contribution >= 0.6 is 0 Å². The third-order valence-electron chi connectivity index (χ3n) is 6.61. The molecule has 0 radical (unpaired) electrons. The van der Waals surface area contributed by atoms with Crippen LogP contribution in [0.2, 0.25) is 0 Å². The molecule has 4 rings (SSSR count). The summed E-state index contributed by atoms with van der Waals surface area (Å²) in [5.74, 6) is -4.96. The van der Waals surface area contributed by atoms with E-state index in [0.29, 0.717) is 16.9 Å². The van der Waals surface area contributed by atoms with Crippen molar-refractivity contribution in [2.75, 3.05) is 0 Å². The van der Waals surface area contributed by atoms with Crippen LogP contribution in [0.3, 0.4) is 0 Å². The van der Waals surface area contributed by atoms with Crippen LogP contribution in [0.25, 0.3) is 5.69 Å². The molecule has 4 unspecified atom stereocenters. The molecular weight excluding hydrogens is 388 g/mol. The largest absolute Gasteiger partial charge is 0.480 e. The lowest BCUT2D eigenvalue weighted by molar-refractivity contribution is -0.151. The number of fused-ring (bicyclic) bond motifs is 1. The van der Waals surface area contributed by atoms with Crippen LogP contribution in [0.1, 0.15) is 31.1 Å². The fourth-order valence-electron chi connectivity index (χ4n) is 5.03. The number of nitrogens with zero attached hydrogens (tertiary/aromatic N) is 2. The average molecular weight is 412 g/mol. The van der Waals surface area contributed by atoms with Crippen LogP contribution in [-0.4, -0.2) is 37.8 Å². The number of hydrogen-bond donors (Lipinski definition) is 3. The zero-order chi connectivity index (χ0) is 22.0. The second-order valence-corrected chi connectivity index (χ2v) is 8.28. The Morgan fingerprint density at radius 3 is 2.33 bits per heavy atom. The monoisotopic (exact) mass is 412 g/mol. The summed E-state index contributed by atoms with van der Waals surface area (Å²) in [6.45, 7) is 5.13.